The molecule has 0 fully saturated rings. The number of nitrogens with one attached hydrogen (secondary N) is 1. The zero-order valence-corrected chi connectivity index (χ0v) is 20.4. The van der Waals surface area contributed by atoms with Crippen LogP contribution in [0.4, 0.5) is 5.00 Å². The normalized spacial score (nSPS) is 15.5. The minimum Gasteiger partial charge on any atom is -0.508 e. The smallest absolute Gasteiger partial charge is 0.341 e. The summed E-state index contributed by atoms with van der Waals surface area (Å²) in [5.41, 5.74) is 1.91. The number of phenols is 1. The Morgan fingerprint density at radius 1 is 1.11 bits per heavy atom. The van der Waals surface area contributed by atoms with Gasteiger partial charge < -0.3 is 19.9 Å². The van der Waals surface area contributed by atoms with Gasteiger partial charge >= 0.3 is 11.9 Å². The summed E-state index contributed by atoms with van der Waals surface area (Å²) in [7, 11) is 0. The van der Waals surface area contributed by atoms with Gasteiger partial charge in [-0.1, -0.05) is 43.3 Å². The third kappa shape index (κ3) is 5.54. The number of esters is 2. The highest BCUT2D eigenvalue weighted by atomic mass is 32.1. The van der Waals surface area contributed by atoms with Crippen molar-refractivity contribution in [1.82, 2.24) is 0 Å². The number of carbonyl (C=O) groups excluding carboxylic acids is 3. The van der Waals surface area contributed by atoms with Crippen molar-refractivity contribution < 1.29 is 29.0 Å². The molecule has 1 amide bonds. The van der Waals surface area contributed by atoms with Gasteiger partial charge in [0.1, 0.15) is 10.8 Å². The SMILES string of the molecule is CCOC(=O)c1c(NC(=O)[C@@H](OC(=O)c2cccc(O)c2)c2ccccc2)sc2c1CC[C@H](C)C2. The highest BCUT2D eigenvalue weighted by Crippen LogP contribution is 2.40. The molecule has 0 saturated heterocycles. The fourth-order valence-corrected chi connectivity index (χ4v) is 5.55. The number of amides is 1. The summed E-state index contributed by atoms with van der Waals surface area (Å²) in [6.07, 6.45) is 1.26. The number of benzene rings is 2. The van der Waals surface area contributed by atoms with Crippen LogP contribution in [0.2, 0.25) is 0 Å². The number of phenolic OH excluding ortho intramolecular Hbond substituents is 1. The summed E-state index contributed by atoms with van der Waals surface area (Å²) in [6.45, 7) is 4.13. The van der Waals surface area contributed by atoms with Crippen LogP contribution in [-0.4, -0.2) is 29.6 Å². The molecule has 182 valence electrons. The monoisotopic (exact) mass is 493 g/mol. The van der Waals surface area contributed by atoms with Crippen molar-refractivity contribution in [2.45, 2.75) is 39.2 Å². The van der Waals surface area contributed by atoms with Crippen LogP contribution in [0.3, 0.4) is 0 Å². The second kappa shape index (κ2) is 10.7. The first kappa shape index (κ1) is 24.5. The Morgan fingerprint density at radius 2 is 1.89 bits per heavy atom. The molecule has 0 spiro atoms. The molecule has 2 aromatic carbocycles. The highest BCUT2D eigenvalue weighted by molar-refractivity contribution is 7.17. The molecule has 3 aromatic rings. The van der Waals surface area contributed by atoms with Crippen molar-refractivity contribution in [3.05, 3.63) is 81.7 Å². The maximum atomic E-state index is 13.5. The molecule has 1 heterocycles. The van der Waals surface area contributed by atoms with Crippen molar-refractivity contribution in [3.63, 3.8) is 0 Å². The number of rotatable bonds is 7. The lowest BCUT2D eigenvalue weighted by atomic mass is 9.88. The third-order valence-electron chi connectivity index (χ3n) is 5.88. The molecule has 35 heavy (non-hydrogen) atoms. The van der Waals surface area contributed by atoms with Gasteiger partial charge in [-0.25, -0.2) is 9.59 Å². The number of thiophene rings is 1. The van der Waals surface area contributed by atoms with Crippen LogP contribution >= 0.6 is 11.3 Å². The molecule has 0 unspecified atom stereocenters. The van der Waals surface area contributed by atoms with Crippen molar-refractivity contribution in [3.8, 4) is 5.75 Å². The second-order valence-electron chi connectivity index (χ2n) is 8.51. The zero-order chi connectivity index (χ0) is 24.9. The van der Waals surface area contributed by atoms with Gasteiger partial charge in [0.05, 0.1) is 17.7 Å². The van der Waals surface area contributed by atoms with E-state index in [0.717, 1.165) is 29.7 Å². The van der Waals surface area contributed by atoms with Crippen molar-refractivity contribution in [2.75, 3.05) is 11.9 Å². The van der Waals surface area contributed by atoms with E-state index in [1.807, 2.05) is 0 Å². The van der Waals surface area contributed by atoms with E-state index in [4.69, 9.17) is 9.47 Å². The molecular formula is C27H27NO6S. The average molecular weight is 494 g/mol. The molecule has 0 bridgehead atoms. The lowest BCUT2D eigenvalue weighted by Gasteiger charge is -2.19. The van der Waals surface area contributed by atoms with Crippen molar-refractivity contribution in [2.24, 2.45) is 5.92 Å². The molecule has 4 rings (SSSR count). The molecule has 0 saturated carbocycles. The summed E-state index contributed by atoms with van der Waals surface area (Å²) >= 11 is 1.37. The second-order valence-corrected chi connectivity index (χ2v) is 9.62. The van der Waals surface area contributed by atoms with Gasteiger partial charge in [-0.2, -0.15) is 0 Å². The Bertz CT molecular complexity index is 1240. The first-order chi connectivity index (χ1) is 16.9. The highest BCUT2D eigenvalue weighted by Gasteiger charge is 2.32. The van der Waals surface area contributed by atoms with E-state index in [1.54, 1.807) is 37.3 Å². The number of aromatic hydroxyl groups is 1. The topological polar surface area (TPSA) is 102 Å². The van der Waals surface area contributed by atoms with Crippen LogP contribution in [0.15, 0.2) is 54.6 Å². The molecule has 7 nitrogen and oxygen atoms in total. The van der Waals surface area contributed by atoms with Gasteiger partial charge in [0, 0.05) is 10.4 Å². The van der Waals surface area contributed by atoms with Gasteiger partial charge in [0.15, 0.2) is 0 Å². The quantitative estimate of drug-likeness (QED) is 0.434. The molecular weight excluding hydrogens is 466 g/mol. The van der Waals surface area contributed by atoms with E-state index in [2.05, 4.69) is 12.2 Å². The molecule has 8 heteroatoms. The first-order valence-electron chi connectivity index (χ1n) is 11.5. The van der Waals surface area contributed by atoms with Gasteiger partial charge in [-0.15, -0.1) is 11.3 Å². The van der Waals surface area contributed by atoms with Crippen LogP contribution in [0.5, 0.6) is 5.75 Å². The van der Waals surface area contributed by atoms with Crippen LogP contribution in [-0.2, 0) is 27.1 Å². The van der Waals surface area contributed by atoms with Crippen molar-refractivity contribution in [1.29, 1.82) is 0 Å². The number of hydrogen-bond donors (Lipinski definition) is 2. The minimum absolute atomic E-state index is 0.0855. The molecule has 1 aliphatic rings. The molecule has 0 aliphatic heterocycles. The Kier molecular flexibility index (Phi) is 7.51. The lowest BCUT2D eigenvalue weighted by molar-refractivity contribution is -0.125. The van der Waals surface area contributed by atoms with E-state index in [1.165, 1.54) is 35.6 Å². The largest absolute Gasteiger partial charge is 0.508 e. The number of hydrogen-bond acceptors (Lipinski definition) is 7. The van der Waals surface area contributed by atoms with Crippen LogP contribution in [0, 0.1) is 5.92 Å². The minimum atomic E-state index is -1.26. The summed E-state index contributed by atoms with van der Waals surface area (Å²) in [5.74, 6) is -1.41. The fourth-order valence-electron chi connectivity index (χ4n) is 4.14. The Labute approximate surface area is 207 Å². The average Bonchev–Trinajstić information content (AvgIpc) is 3.19. The van der Waals surface area contributed by atoms with Gasteiger partial charge in [0.2, 0.25) is 6.10 Å². The molecule has 2 N–H and O–H groups in total. The Morgan fingerprint density at radius 3 is 2.60 bits per heavy atom. The maximum absolute atomic E-state index is 13.5. The summed E-state index contributed by atoms with van der Waals surface area (Å²) in [4.78, 5) is 40.2. The van der Waals surface area contributed by atoms with Gasteiger partial charge in [0.25, 0.3) is 5.91 Å². The number of carbonyl (C=O) groups is 3. The number of anilines is 1. The molecule has 1 aliphatic carbocycles. The lowest BCUT2D eigenvalue weighted by Crippen LogP contribution is -2.26. The van der Waals surface area contributed by atoms with E-state index >= 15 is 0 Å². The molecule has 0 radical (unpaired) electrons. The predicted molar refractivity (Wildman–Crippen MR) is 133 cm³/mol. The molecule has 2 atom stereocenters. The number of ether oxygens (including phenoxy) is 2. The zero-order valence-electron chi connectivity index (χ0n) is 19.6. The van der Waals surface area contributed by atoms with Crippen LogP contribution in [0.1, 0.15) is 63.1 Å². The maximum Gasteiger partial charge on any atom is 0.341 e. The summed E-state index contributed by atoms with van der Waals surface area (Å²) < 4.78 is 10.9. The van der Waals surface area contributed by atoms with Gasteiger partial charge in [-0.05, 0) is 55.9 Å². The standard InChI is InChI=1S/C27H27NO6S/c1-3-33-27(32)22-20-13-12-16(2)14-21(20)35-25(22)28-24(30)23(17-8-5-4-6-9-17)34-26(31)18-10-7-11-19(29)15-18/h4-11,15-16,23,29H,3,12-14H2,1-2H3,(H,28,30)/t16-,23-/m0/s1. The third-order valence-corrected chi connectivity index (χ3v) is 7.04. The van der Waals surface area contributed by atoms with E-state index in [0.29, 0.717) is 22.0 Å². The van der Waals surface area contributed by atoms with E-state index < -0.39 is 23.9 Å². The van der Waals surface area contributed by atoms with Crippen molar-refractivity contribution >= 4 is 34.2 Å². The Hall–Kier alpha value is -3.65. The van der Waals surface area contributed by atoms with E-state index in [9.17, 15) is 19.5 Å². The van der Waals surface area contributed by atoms with E-state index in [-0.39, 0.29) is 17.9 Å². The summed E-state index contributed by atoms with van der Waals surface area (Å²) in [6, 6.07) is 14.4. The number of fused-ring (bicyclic) bond motifs is 1. The van der Waals surface area contributed by atoms with Crippen LogP contribution < -0.4 is 5.32 Å². The predicted octanol–water partition coefficient (Wildman–Crippen LogP) is 5.29. The molecule has 1 aromatic heterocycles. The van der Waals surface area contributed by atoms with Gasteiger partial charge in [-0.3, -0.25) is 4.79 Å². The first-order valence-corrected chi connectivity index (χ1v) is 12.4. The summed E-state index contributed by atoms with van der Waals surface area (Å²) in [5, 5.41) is 13.0. The fraction of sp³-hybridized carbons (Fsp3) is 0.296. The van der Waals surface area contributed by atoms with Crippen LogP contribution in [0.25, 0.3) is 0 Å². The Balaban J connectivity index is 1.65.